The molecule has 1 aliphatic rings. The van der Waals surface area contributed by atoms with Crippen molar-refractivity contribution in [2.24, 2.45) is 0 Å². The quantitative estimate of drug-likeness (QED) is 0.750. The Morgan fingerprint density at radius 1 is 1.17 bits per heavy atom. The van der Waals surface area contributed by atoms with Gasteiger partial charge in [0.15, 0.2) is 5.75 Å². The molecule has 4 rings (SSSR count). The van der Waals surface area contributed by atoms with E-state index in [0.717, 1.165) is 30.0 Å². The summed E-state index contributed by atoms with van der Waals surface area (Å²) in [6, 6.07) is 9.47. The van der Waals surface area contributed by atoms with E-state index in [1.165, 1.54) is 12.8 Å². The Morgan fingerprint density at radius 2 is 2.04 bits per heavy atom. The molecule has 23 heavy (non-hydrogen) atoms. The van der Waals surface area contributed by atoms with E-state index < -0.39 is 0 Å². The molecule has 6 nitrogen and oxygen atoms in total. The van der Waals surface area contributed by atoms with Crippen molar-refractivity contribution in [3.8, 4) is 17.1 Å². The second kappa shape index (κ2) is 5.72. The van der Waals surface area contributed by atoms with Gasteiger partial charge in [0.1, 0.15) is 17.2 Å². The van der Waals surface area contributed by atoms with Gasteiger partial charge < -0.3 is 14.6 Å². The number of benzene rings is 1. The predicted octanol–water partition coefficient (Wildman–Crippen LogP) is 2.76. The van der Waals surface area contributed by atoms with Crippen molar-refractivity contribution in [3.63, 3.8) is 0 Å². The number of hydrogen-bond acceptors (Lipinski definition) is 5. The maximum Gasteiger partial charge on any atom is 0.298 e. The Bertz CT molecular complexity index is 835. The molecule has 3 heterocycles. The van der Waals surface area contributed by atoms with Crippen LogP contribution in [0.1, 0.15) is 12.8 Å². The SMILES string of the molecule is O=COc1cccc2[nH]c(-c3ccc(N4CCCC4)nc3)nc12. The van der Waals surface area contributed by atoms with Gasteiger partial charge in [-0.3, -0.25) is 4.79 Å². The number of carbonyl (C=O) groups is 1. The molecule has 1 fully saturated rings. The van der Waals surface area contributed by atoms with Crippen LogP contribution in [0.25, 0.3) is 22.4 Å². The minimum Gasteiger partial charge on any atom is -0.426 e. The van der Waals surface area contributed by atoms with Gasteiger partial charge in [-0.1, -0.05) is 6.07 Å². The highest BCUT2D eigenvalue weighted by atomic mass is 16.5. The molecule has 0 spiro atoms. The molecule has 1 saturated heterocycles. The van der Waals surface area contributed by atoms with E-state index in [-0.39, 0.29) is 0 Å². The second-order valence-corrected chi connectivity index (χ2v) is 5.55. The molecule has 0 aliphatic carbocycles. The number of pyridine rings is 1. The number of ether oxygens (including phenoxy) is 1. The first-order valence-electron chi connectivity index (χ1n) is 7.65. The normalized spacial score (nSPS) is 14.3. The van der Waals surface area contributed by atoms with Crippen molar-refractivity contribution in [1.29, 1.82) is 0 Å². The van der Waals surface area contributed by atoms with Gasteiger partial charge in [0.2, 0.25) is 0 Å². The molecule has 3 aromatic rings. The second-order valence-electron chi connectivity index (χ2n) is 5.55. The summed E-state index contributed by atoms with van der Waals surface area (Å²) in [6.07, 6.45) is 4.28. The van der Waals surface area contributed by atoms with Crippen molar-refractivity contribution in [2.75, 3.05) is 18.0 Å². The topological polar surface area (TPSA) is 71.1 Å². The van der Waals surface area contributed by atoms with Crippen molar-refractivity contribution in [2.45, 2.75) is 12.8 Å². The number of rotatable bonds is 4. The Morgan fingerprint density at radius 3 is 2.78 bits per heavy atom. The molecule has 0 bridgehead atoms. The molecule has 6 heteroatoms. The van der Waals surface area contributed by atoms with Crippen molar-refractivity contribution in [3.05, 3.63) is 36.5 Å². The number of anilines is 1. The highest BCUT2D eigenvalue weighted by Gasteiger charge is 2.14. The third-order valence-electron chi connectivity index (χ3n) is 4.10. The first kappa shape index (κ1) is 13.8. The first-order valence-corrected chi connectivity index (χ1v) is 7.65. The molecule has 0 saturated carbocycles. The number of carbonyl (C=O) groups excluding carboxylic acids is 1. The van der Waals surface area contributed by atoms with Gasteiger partial charge in [-0.05, 0) is 37.1 Å². The molecule has 1 aliphatic heterocycles. The van der Waals surface area contributed by atoms with Gasteiger partial charge >= 0.3 is 0 Å². The summed E-state index contributed by atoms with van der Waals surface area (Å²) in [6.45, 7) is 2.56. The lowest BCUT2D eigenvalue weighted by molar-refractivity contribution is -0.120. The van der Waals surface area contributed by atoms with Crippen molar-refractivity contribution in [1.82, 2.24) is 15.0 Å². The first-order chi connectivity index (χ1) is 11.3. The van der Waals surface area contributed by atoms with E-state index in [2.05, 4.69) is 19.9 Å². The van der Waals surface area contributed by atoms with Crippen LogP contribution in [0, 0.1) is 0 Å². The smallest absolute Gasteiger partial charge is 0.298 e. The van der Waals surface area contributed by atoms with E-state index in [1.807, 2.05) is 30.5 Å². The third kappa shape index (κ3) is 2.52. The fourth-order valence-electron chi connectivity index (χ4n) is 2.95. The lowest BCUT2D eigenvalue weighted by atomic mass is 10.2. The summed E-state index contributed by atoms with van der Waals surface area (Å²) >= 11 is 0. The zero-order valence-corrected chi connectivity index (χ0v) is 12.5. The maximum atomic E-state index is 10.6. The van der Waals surface area contributed by atoms with Crippen LogP contribution in [0.4, 0.5) is 5.82 Å². The fraction of sp³-hybridized carbons (Fsp3) is 0.235. The van der Waals surface area contributed by atoms with Crippen LogP contribution in [-0.2, 0) is 4.79 Å². The molecule has 1 N–H and O–H groups in total. The minimum atomic E-state index is 0.412. The van der Waals surface area contributed by atoms with Gasteiger partial charge in [-0.15, -0.1) is 0 Å². The van der Waals surface area contributed by atoms with E-state index in [4.69, 9.17) is 4.74 Å². The summed E-state index contributed by atoms with van der Waals surface area (Å²) in [5.41, 5.74) is 2.36. The summed E-state index contributed by atoms with van der Waals surface area (Å²) in [7, 11) is 0. The zero-order valence-electron chi connectivity index (χ0n) is 12.5. The molecular weight excluding hydrogens is 292 g/mol. The molecule has 0 unspecified atom stereocenters. The van der Waals surface area contributed by atoms with Gasteiger partial charge in [-0.2, -0.15) is 0 Å². The van der Waals surface area contributed by atoms with Gasteiger partial charge in [0.05, 0.1) is 5.52 Å². The van der Waals surface area contributed by atoms with E-state index in [1.54, 1.807) is 6.07 Å². The van der Waals surface area contributed by atoms with Crippen LogP contribution in [0.3, 0.4) is 0 Å². The number of nitrogens with one attached hydrogen (secondary N) is 1. The molecule has 116 valence electrons. The van der Waals surface area contributed by atoms with Crippen LogP contribution in [0.5, 0.6) is 5.75 Å². The van der Waals surface area contributed by atoms with Crippen molar-refractivity contribution < 1.29 is 9.53 Å². The average Bonchev–Trinajstić information content (AvgIpc) is 3.25. The van der Waals surface area contributed by atoms with Gasteiger partial charge in [0, 0.05) is 24.8 Å². The number of nitrogens with zero attached hydrogens (tertiary/aromatic N) is 3. The number of para-hydroxylation sites is 1. The molecule has 0 atom stereocenters. The highest BCUT2D eigenvalue weighted by molar-refractivity contribution is 5.85. The highest BCUT2D eigenvalue weighted by Crippen LogP contribution is 2.27. The molecule has 2 aromatic heterocycles. The largest absolute Gasteiger partial charge is 0.426 e. The molecule has 0 amide bonds. The number of fused-ring (bicyclic) bond motifs is 1. The third-order valence-corrected chi connectivity index (χ3v) is 4.10. The maximum absolute atomic E-state index is 10.6. The number of aromatic nitrogens is 3. The van der Waals surface area contributed by atoms with E-state index >= 15 is 0 Å². The summed E-state index contributed by atoms with van der Waals surface area (Å²) in [5.74, 6) is 2.16. The molecular formula is C17H16N4O2. The Labute approximate surface area is 133 Å². The number of hydrogen-bond donors (Lipinski definition) is 1. The lowest BCUT2D eigenvalue weighted by Crippen LogP contribution is -2.18. The molecule has 0 radical (unpaired) electrons. The Balaban J connectivity index is 1.68. The Kier molecular flexibility index (Phi) is 3.42. The lowest BCUT2D eigenvalue weighted by Gasteiger charge is -2.15. The van der Waals surface area contributed by atoms with Crippen LogP contribution >= 0.6 is 0 Å². The van der Waals surface area contributed by atoms with E-state index in [0.29, 0.717) is 23.6 Å². The standard InChI is InChI=1S/C17H16N4O2/c22-11-23-14-5-3-4-13-16(14)20-17(19-13)12-6-7-15(18-10-12)21-8-1-2-9-21/h3-7,10-11H,1-2,8-9H2,(H,19,20). The number of H-pyrrole nitrogens is 1. The molecule has 1 aromatic carbocycles. The van der Waals surface area contributed by atoms with Crippen LogP contribution in [-0.4, -0.2) is 34.5 Å². The van der Waals surface area contributed by atoms with Gasteiger partial charge in [-0.25, -0.2) is 9.97 Å². The zero-order chi connectivity index (χ0) is 15.6. The summed E-state index contributed by atoms with van der Waals surface area (Å²) in [4.78, 5) is 25.2. The summed E-state index contributed by atoms with van der Waals surface area (Å²) in [5, 5.41) is 0. The number of imidazole rings is 1. The van der Waals surface area contributed by atoms with Gasteiger partial charge in [0.25, 0.3) is 6.47 Å². The fourth-order valence-corrected chi connectivity index (χ4v) is 2.95. The van der Waals surface area contributed by atoms with Crippen LogP contribution in [0.2, 0.25) is 0 Å². The van der Waals surface area contributed by atoms with E-state index in [9.17, 15) is 4.79 Å². The number of aromatic amines is 1. The average molecular weight is 308 g/mol. The van der Waals surface area contributed by atoms with Crippen LogP contribution in [0.15, 0.2) is 36.5 Å². The predicted molar refractivity (Wildman–Crippen MR) is 87.5 cm³/mol. The summed E-state index contributed by atoms with van der Waals surface area (Å²) < 4.78 is 4.97. The monoisotopic (exact) mass is 308 g/mol. The Hall–Kier alpha value is -2.89. The van der Waals surface area contributed by atoms with Crippen molar-refractivity contribution >= 4 is 23.3 Å². The van der Waals surface area contributed by atoms with Crippen LogP contribution < -0.4 is 9.64 Å². The minimum absolute atomic E-state index is 0.412.